The number of nitrogens with zero attached hydrogens (tertiary/aromatic N) is 5. The molecule has 3 aliphatic carbocycles. The molecule has 7 aliphatic heterocycles. The van der Waals surface area contributed by atoms with Crippen molar-refractivity contribution in [3.8, 4) is 22.6 Å². The van der Waals surface area contributed by atoms with Crippen molar-refractivity contribution in [1.29, 1.82) is 0 Å². The van der Waals surface area contributed by atoms with Crippen LogP contribution in [0.1, 0.15) is 328 Å². The van der Waals surface area contributed by atoms with E-state index in [0.29, 0.717) is 52.6 Å². The van der Waals surface area contributed by atoms with Gasteiger partial charge in [-0.1, -0.05) is 277 Å². The van der Waals surface area contributed by atoms with Gasteiger partial charge in [0.2, 0.25) is 33.7 Å². The predicted molar refractivity (Wildman–Crippen MR) is 579 cm³/mol. The van der Waals surface area contributed by atoms with Gasteiger partial charge >= 0.3 is 23.9 Å². The number of likely N-dealkylation sites (tertiary alicyclic amines) is 1. The molecule has 1 N–H and O–H groups in total. The number of phenolic OH excluding ortho intramolecular Hbond substituents is 1. The summed E-state index contributed by atoms with van der Waals surface area (Å²) < 4.78 is 99.3. The lowest BCUT2D eigenvalue weighted by atomic mass is 9.64. The number of ether oxygens (including phenoxy) is 8. The summed E-state index contributed by atoms with van der Waals surface area (Å²) in [5.74, 6) is -0.283. The van der Waals surface area contributed by atoms with E-state index in [2.05, 4.69) is 83.7 Å². The number of carbonyl (C=O) groups is 8. The number of urea groups is 1. The molecule has 814 valence electrons. The first kappa shape index (κ1) is 119. The van der Waals surface area contributed by atoms with Crippen LogP contribution in [0.3, 0.4) is 0 Å². The first-order chi connectivity index (χ1) is 68.1. The van der Waals surface area contributed by atoms with E-state index in [9.17, 15) is 60.3 Å². The maximum absolute atomic E-state index is 12.7. The molecule has 28 heteroatoms. The minimum atomic E-state index is -3.69. The van der Waals surface area contributed by atoms with E-state index in [0.717, 1.165) is 81.9 Å². The fourth-order valence-electron chi connectivity index (χ4n) is 22.3. The van der Waals surface area contributed by atoms with Crippen LogP contribution < -0.4 is 4.74 Å². The Bertz CT molecular complexity index is 6170. The maximum Gasteiger partial charge on any atom is 0.327 e. The quantitative estimate of drug-likeness (QED) is 0.0982. The summed E-state index contributed by atoms with van der Waals surface area (Å²) in [6, 6.07) is 50.2. The van der Waals surface area contributed by atoms with Crippen LogP contribution in [0.2, 0.25) is 0 Å². The Morgan fingerprint density at radius 2 is 0.966 bits per heavy atom. The maximum atomic E-state index is 12.7. The lowest BCUT2D eigenvalue weighted by molar-refractivity contribution is -0.243. The standard InChI is InChI=1S/C25H22O3.C21H32O2.C17H28O7.C16H22N2O2.C15H25NO3S.C13H17NO3S.C13H25NO/c1-25(2,3)24(27)28-21-15-13-17-9-5-7-11-19(17)23(21)22-18-10-6-4-8-16(18)12-14-20(22)26;1-15-12-13-17(18(14-15)23-19(22)20(2,3)4)21(5,6)16-10-8-7-9-11-16;1-15(2,3)14(18)19-8-9-10-11(22-16(4,5)21-10)12-13(20-9)24-17(6,7)23-12;1-11-13(12-9-7-6-8-10-12)18(15(20)17(11)5)14(19)16(2,3)4;1-13(2,3)12(17)16-11-8-10-6-7-15(11,14(10,4)5)9-20(16,18)19;1-9-10-7-5-6-8-11(10)18(16,17)14(9)12(15)13(2,3)4;1-6-10-8-9-11(7-2)14(10)12(15)13(3,4)5/h4-15,26H,1-3H3;7-11,15,17-18H,12-14H2,1-6H3;9-13H,8H2,1-7H3;6-11,13H,1-5H3;10-11H,6-9H2,1-5H3;5-9H,1-4H3;10-11H,6-9H2,1-5H3/t;;9-,10+,11+,12?,13?;;;9-;10-,11-/m..1..11/s1. The van der Waals surface area contributed by atoms with E-state index in [-0.39, 0.29) is 129 Å². The second-order valence-corrected chi connectivity index (χ2v) is 55.1. The molecule has 16 atom stereocenters. The van der Waals surface area contributed by atoms with Gasteiger partial charge in [0, 0.05) is 63.3 Å². The van der Waals surface area contributed by atoms with Crippen LogP contribution in [-0.2, 0) is 92.2 Å². The third-order valence-corrected chi connectivity index (χ3v) is 34.9. The highest BCUT2D eigenvalue weighted by Gasteiger charge is 2.73. The number of phenols is 1. The molecule has 10 aliphatic rings. The Morgan fingerprint density at radius 1 is 0.486 bits per heavy atom. The van der Waals surface area contributed by atoms with Crippen LogP contribution in [0.4, 0.5) is 4.79 Å². The van der Waals surface area contributed by atoms with Gasteiger partial charge < -0.3 is 52.8 Å². The summed E-state index contributed by atoms with van der Waals surface area (Å²) in [4.78, 5) is 105. The number of likely N-dealkylation sites (N-methyl/N-ethyl adjacent to an activating group) is 1. The number of carbonyl (C=O) groups excluding carboxylic acids is 8. The van der Waals surface area contributed by atoms with Crippen molar-refractivity contribution in [2.24, 2.45) is 66.5 Å². The van der Waals surface area contributed by atoms with Crippen LogP contribution in [-0.4, -0.2) is 185 Å². The van der Waals surface area contributed by atoms with Gasteiger partial charge in [-0.25, -0.2) is 30.2 Å². The molecule has 6 saturated heterocycles. The Hall–Kier alpha value is -9.68. The van der Waals surface area contributed by atoms with Gasteiger partial charge in [0.15, 0.2) is 17.9 Å². The number of sulfonamides is 2. The molecule has 1 spiro atoms. The molecule has 7 heterocycles. The molecule has 0 aromatic heterocycles. The number of hydrogen-bond acceptors (Lipinski definition) is 21. The fraction of sp³-hybridized carbons (Fsp3) is 0.617. The minimum Gasteiger partial charge on any atom is -0.507 e. The summed E-state index contributed by atoms with van der Waals surface area (Å²) in [6.45, 7) is 65.6. The molecule has 7 aromatic carbocycles. The second-order valence-electron chi connectivity index (χ2n) is 51.5. The number of amides is 6. The number of esters is 3. The lowest BCUT2D eigenvalue weighted by Crippen LogP contribution is -2.56. The largest absolute Gasteiger partial charge is 0.507 e. The molecule has 3 saturated carbocycles. The van der Waals surface area contributed by atoms with E-state index in [4.69, 9.17) is 37.9 Å². The zero-order valence-corrected chi connectivity index (χ0v) is 96.5. The second kappa shape index (κ2) is 44.2. The number of aromatic hydroxyl groups is 1. The first-order valence-electron chi connectivity index (χ1n) is 53.1. The summed E-state index contributed by atoms with van der Waals surface area (Å²) in [6.07, 6.45) is 8.67. The molecular formula is C120H171N5O21S2. The van der Waals surface area contributed by atoms with Crippen molar-refractivity contribution in [2.45, 2.75) is 395 Å². The molecule has 26 nitrogen and oxygen atoms in total. The van der Waals surface area contributed by atoms with Crippen LogP contribution in [0, 0.1) is 66.5 Å². The highest BCUT2D eigenvalue weighted by Crippen LogP contribution is 2.70. The summed E-state index contributed by atoms with van der Waals surface area (Å²) in [7, 11) is -5.41. The van der Waals surface area contributed by atoms with Crippen LogP contribution in [0.25, 0.3) is 32.7 Å². The topological polar surface area (TPSA) is 315 Å². The van der Waals surface area contributed by atoms with Gasteiger partial charge in [0.25, 0.3) is 10.0 Å². The van der Waals surface area contributed by atoms with Crippen LogP contribution >= 0.6 is 0 Å². The highest BCUT2D eigenvalue weighted by atomic mass is 32.2. The molecule has 17 rings (SSSR count). The van der Waals surface area contributed by atoms with Crippen LogP contribution in [0.5, 0.6) is 11.5 Å². The van der Waals surface area contributed by atoms with Crippen molar-refractivity contribution in [3.05, 3.63) is 174 Å². The van der Waals surface area contributed by atoms with Crippen molar-refractivity contribution in [2.75, 3.05) is 19.4 Å². The Morgan fingerprint density at radius 3 is 1.49 bits per heavy atom. The van der Waals surface area contributed by atoms with E-state index >= 15 is 0 Å². The molecule has 9 fully saturated rings. The van der Waals surface area contributed by atoms with Gasteiger partial charge in [-0.05, 0) is 241 Å². The van der Waals surface area contributed by atoms with E-state index in [1.54, 1.807) is 90.7 Å². The van der Waals surface area contributed by atoms with Gasteiger partial charge in [0.05, 0.1) is 51.1 Å². The smallest absolute Gasteiger partial charge is 0.327 e. The van der Waals surface area contributed by atoms with Gasteiger partial charge in [-0.15, -0.1) is 0 Å². The average molecular weight is 2080 g/mol. The molecule has 2 bridgehead atoms. The van der Waals surface area contributed by atoms with Gasteiger partial charge in [-0.2, -0.15) is 0 Å². The number of rotatable bonds is 10. The normalized spacial score (nSPS) is 26.8. The van der Waals surface area contributed by atoms with E-state index in [1.807, 2.05) is 236 Å². The molecular weight excluding hydrogens is 1910 g/mol. The minimum absolute atomic E-state index is 0.00420. The Labute approximate surface area is 882 Å². The van der Waals surface area contributed by atoms with E-state index < -0.39 is 82.5 Å². The number of hydrogen-bond donors (Lipinski definition) is 1. The highest BCUT2D eigenvalue weighted by molar-refractivity contribution is 7.90. The molecule has 10 unspecified atom stereocenters. The van der Waals surface area contributed by atoms with Crippen molar-refractivity contribution < 1.29 is 98.2 Å². The SMILES string of the molecule is CC(C)(C)C(=O)N1C2CC3CCC2(CS1(=O)=O)C3(C)C.CC(C)(C)C(=O)Oc1ccc2ccccc2c1-c1c(O)ccc2ccccc12.CC1(C)OC2O[C@H](COC(=O)C(C)(C)C)[C@@H]3OC(C)(C)O[C@@H]3C2O1.CC1C(c2ccccc2)N(C(=O)C(C)(C)C)C(=O)N1C.CC1CCC(C(C)(C)c2ccccc2)C(OC(=O)C(C)(C)C)C1.CC[C@@H]1CC[C@@H](CC)N1C(=O)C(C)(C)C.C[C@@H]1c2ccccc2S(=O)(=O)N1C(=O)C(C)(C)C. The monoisotopic (exact) mass is 2080 g/mol. The van der Waals surface area contributed by atoms with Crippen molar-refractivity contribution in [1.82, 2.24) is 23.3 Å². The predicted octanol–water partition coefficient (Wildman–Crippen LogP) is 24.6. The summed E-state index contributed by atoms with van der Waals surface area (Å²) in [5, 5.41) is 14.7. The fourth-order valence-corrected chi connectivity index (χ4v) is 27.0. The molecule has 6 amide bonds. The first-order valence-corrected chi connectivity index (χ1v) is 56.2. The number of benzene rings is 7. The Kier molecular flexibility index (Phi) is 35.4. The summed E-state index contributed by atoms with van der Waals surface area (Å²) in [5.41, 5.74) is 0.411. The molecule has 148 heavy (non-hydrogen) atoms. The number of fused-ring (bicyclic) bond motifs is 7. The Balaban J connectivity index is 0.000000165. The molecule has 7 aromatic rings. The molecule has 0 radical (unpaired) electrons. The third kappa shape index (κ3) is 25.4. The average Bonchev–Trinajstić information content (AvgIpc) is 1.50. The van der Waals surface area contributed by atoms with E-state index in [1.165, 1.54) is 34.0 Å². The van der Waals surface area contributed by atoms with Gasteiger partial charge in [-0.3, -0.25) is 38.5 Å². The zero-order chi connectivity index (χ0) is 111. The third-order valence-electron chi connectivity index (χ3n) is 31.1. The summed E-state index contributed by atoms with van der Waals surface area (Å²) >= 11 is 0. The van der Waals surface area contributed by atoms with Crippen molar-refractivity contribution >= 4 is 89.2 Å². The van der Waals surface area contributed by atoms with Crippen molar-refractivity contribution in [3.63, 3.8) is 0 Å². The lowest BCUT2D eigenvalue weighted by Gasteiger charge is -2.44. The number of imide groups is 1. The zero-order valence-electron chi connectivity index (χ0n) is 94.8. The van der Waals surface area contributed by atoms with Gasteiger partial charge in [0.1, 0.15) is 48.6 Å². The van der Waals surface area contributed by atoms with Crippen LogP contribution in [0.15, 0.2) is 163 Å².